The van der Waals surface area contributed by atoms with Crippen LogP contribution in [0.3, 0.4) is 0 Å². The molecule has 0 aromatic carbocycles. The van der Waals surface area contributed by atoms with E-state index in [0.29, 0.717) is 12.3 Å². The van der Waals surface area contributed by atoms with E-state index < -0.39 is 58.0 Å². The van der Waals surface area contributed by atoms with E-state index in [1.54, 1.807) is 6.92 Å². The molecule has 9 nitrogen and oxygen atoms in total. The number of nitrogens with one attached hydrogen (secondary N) is 1. The summed E-state index contributed by atoms with van der Waals surface area (Å²) < 4.78 is 24.3. The predicted octanol–water partition coefficient (Wildman–Crippen LogP) is 5.44. The summed E-state index contributed by atoms with van der Waals surface area (Å²) in [7, 11) is 0.255. The molecule has 0 bridgehead atoms. The van der Waals surface area contributed by atoms with Crippen LogP contribution in [0.5, 0.6) is 0 Å². The quantitative estimate of drug-likeness (QED) is 0.0786. The zero-order chi connectivity index (χ0) is 33.4. The smallest absolute Gasteiger partial charge is 0.306 e. The van der Waals surface area contributed by atoms with E-state index in [0.717, 1.165) is 45.1 Å². The van der Waals surface area contributed by atoms with Crippen LogP contribution in [0.1, 0.15) is 130 Å². The lowest BCUT2D eigenvalue weighted by molar-refractivity contribution is -0.219. The van der Waals surface area contributed by atoms with Gasteiger partial charge in [0.2, 0.25) is 5.91 Å². The maximum absolute atomic E-state index is 13.3. The first-order valence-electron chi connectivity index (χ1n) is 17.7. The molecule has 264 valence electrons. The van der Waals surface area contributed by atoms with Crippen molar-refractivity contribution in [3.05, 3.63) is 0 Å². The lowest BCUT2D eigenvalue weighted by Crippen LogP contribution is -2.66. The summed E-state index contributed by atoms with van der Waals surface area (Å²) in [5.41, 5.74) is -1.18. The summed E-state index contributed by atoms with van der Waals surface area (Å²) in [5, 5.41) is 24.4. The second kappa shape index (κ2) is 22.0. The van der Waals surface area contributed by atoms with Crippen molar-refractivity contribution in [2.45, 2.75) is 177 Å². The number of nitrogens with zero attached hydrogens (tertiary/aromatic N) is 1. The fourth-order valence-corrected chi connectivity index (χ4v) is 7.88. The molecule has 0 aromatic heterocycles. The molecule has 11 heteroatoms. The first kappa shape index (κ1) is 40.4. The van der Waals surface area contributed by atoms with Crippen LogP contribution in [0.4, 0.5) is 0 Å². The van der Waals surface area contributed by atoms with Gasteiger partial charge in [-0.15, -0.1) is 11.6 Å². The fraction of sp³-hybridized carbons (Fsp3) is 0.941. The van der Waals surface area contributed by atoms with Gasteiger partial charge in [0.1, 0.15) is 18.3 Å². The van der Waals surface area contributed by atoms with Crippen LogP contribution in [0.25, 0.3) is 0 Å². The van der Waals surface area contributed by atoms with Gasteiger partial charge in [0, 0.05) is 19.2 Å². The number of aliphatic hydroxyl groups excluding tert-OH is 2. The average molecular weight is 679 g/mol. The minimum atomic E-state index is -1.66. The van der Waals surface area contributed by atoms with Crippen LogP contribution in [0, 0.1) is 5.92 Å². The Morgan fingerprint density at radius 3 is 2.02 bits per heavy atom. The number of aliphatic hydroxyl groups is 2. The number of alkyl halides is 1. The number of ether oxygens (including phenoxy) is 2. The molecule has 1 amide bonds. The van der Waals surface area contributed by atoms with Crippen molar-refractivity contribution >= 4 is 34.3 Å². The highest BCUT2D eigenvalue weighted by Gasteiger charge is 2.52. The van der Waals surface area contributed by atoms with Gasteiger partial charge in [0.25, 0.3) is 0 Å². The average Bonchev–Trinajstić information content (AvgIpc) is 3.36. The number of hydrogen-bond donors (Lipinski definition) is 3. The van der Waals surface area contributed by atoms with Crippen molar-refractivity contribution in [2.75, 3.05) is 19.8 Å². The molecule has 0 unspecified atom stereocenters. The molecule has 2 heterocycles. The molecule has 0 spiro atoms. The molecule has 3 N–H and O–H groups in total. The van der Waals surface area contributed by atoms with E-state index in [1.165, 1.54) is 64.0 Å². The Hall–Kier alpha value is -0.780. The Morgan fingerprint density at radius 1 is 0.956 bits per heavy atom. The standard InChI is InChI=1S/C34H63ClN2O7S/c1-6-8-9-10-11-12-13-14-15-16-17-18-19-21-27(38)43-32-30(40)29(39)31(44-34(32)45(5)42)28(24(3)35)36-33(41)26-22-25(20-7-2)23-37(26)4/h24-26,28-32,34,39-40H,6-23H2,1-5H3,(H,36,41)/t24-,25+,26-,28+,29+,30-,31+,32+,34+,45+/m0/s1. The van der Waals surface area contributed by atoms with Gasteiger partial charge in [0.05, 0.1) is 28.3 Å². The largest absolute Gasteiger partial charge is 0.456 e. The highest BCUT2D eigenvalue weighted by atomic mass is 35.5. The number of unbranched alkanes of at least 4 members (excludes halogenated alkanes) is 12. The summed E-state index contributed by atoms with van der Waals surface area (Å²) in [6, 6.07) is -1.20. The number of halogens is 1. The van der Waals surface area contributed by atoms with Crippen molar-refractivity contribution in [1.29, 1.82) is 0 Å². The Kier molecular flexibility index (Phi) is 19.7. The van der Waals surface area contributed by atoms with Gasteiger partial charge in [-0.05, 0) is 39.2 Å². The first-order valence-corrected chi connectivity index (χ1v) is 19.7. The van der Waals surface area contributed by atoms with Crippen LogP contribution in [0.2, 0.25) is 0 Å². The van der Waals surface area contributed by atoms with Gasteiger partial charge in [-0.1, -0.05) is 97.3 Å². The summed E-state index contributed by atoms with van der Waals surface area (Å²) >= 11 is 6.49. The summed E-state index contributed by atoms with van der Waals surface area (Å²) in [4.78, 5) is 28.0. The summed E-state index contributed by atoms with van der Waals surface area (Å²) in [6.07, 6.45) is 14.5. The lowest BCUT2D eigenvalue weighted by atomic mass is 9.92. The summed E-state index contributed by atoms with van der Waals surface area (Å²) in [5.74, 6) is -0.310. The second-order valence-electron chi connectivity index (χ2n) is 13.5. The Balaban J connectivity index is 1.82. The SMILES string of the molecule is CCCCCCCCCCCCCCCC(=O)O[C@@H]1[C@@H](O)[C@@H](O)[C@@H]([C@H](NC(=O)[C@@H]2C[C@@H](CCC)CN2C)[C@H](C)Cl)O[C@@H]1[S@@](C)=O. The van der Waals surface area contributed by atoms with Crippen molar-refractivity contribution in [3.63, 3.8) is 0 Å². The van der Waals surface area contributed by atoms with Crippen molar-refractivity contribution in [3.8, 4) is 0 Å². The molecule has 2 saturated heterocycles. The summed E-state index contributed by atoms with van der Waals surface area (Å²) in [6.45, 7) is 6.87. The van der Waals surface area contributed by atoms with Crippen LogP contribution in [0.15, 0.2) is 0 Å². The van der Waals surface area contributed by atoms with Gasteiger partial charge in [0.15, 0.2) is 11.5 Å². The van der Waals surface area contributed by atoms with Gasteiger partial charge in [-0.2, -0.15) is 0 Å². The van der Waals surface area contributed by atoms with Gasteiger partial charge in [-0.3, -0.25) is 18.7 Å². The Morgan fingerprint density at radius 2 is 1.51 bits per heavy atom. The molecule has 45 heavy (non-hydrogen) atoms. The van der Waals surface area contributed by atoms with E-state index in [2.05, 4.69) is 19.2 Å². The number of carbonyl (C=O) groups is 2. The highest BCUT2D eigenvalue weighted by Crippen LogP contribution is 2.31. The van der Waals surface area contributed by atoms with E-state index in [-0.39, 0.29) is 18.4 Å². The topological polar surface area (TPSA) is 125 Å². The normalized spacial score (nSPS) is 29.3. The van der Waals surface area contributed by atoms with Crippen molar-refractivity contribution in [2.24, 2.45) is 5.92 Å². The van der Waals surface area contributed by atoms with Gasteiger partial charge >= 0.3 is 5.97 Å². The fourth-order valence-electron chi connectivity index (χ4n) is 6.80. The molecule has 2 rings (SSSR count). The number of hydrogen-bond acceptors (Lipinski definition) is 8. The van der Waals surface area contributed by atoms with Gasteiger partial charge in [-0.25, -0.2) is 0 Å². The van der Waals surface area contributed by atoms with E-state index >= 15 is 0 Å². The molecule has 0 saturated carbocycles. The van der Waals surface area contributed by atoms with Crippen molar-refractivity contribution < 1.29 is 33.5 Å². The number of esters is 1. The second-order valence-corrected chi connectivity index (χ2v) is 15.6. The van der Waals surface area contributed by atoms with Crippen LogP contribution >= 0.6 is 11.6 Å². The van der Waals surface area contributed by atoms with E-state index in [9.17, 15) is 24.0 Å². The molecular formula is C34H63ClN2O7S. The van der Waals surface area contributed by atoms with Gasteiger partial charge < -0.3 is 25.0 Å². The highest BCUT2D eigenvalue weighted by molar-refractivity contribution is 7.84. The third-order valence-electron chi connectivity index (χ3n) is 9.45. The third kappa shape index (κ3) is 13.7. The van der Waals surface area contributed by atoms with Crippen molar-refractivity contribution in [1.82, 2.24) is 10.2 Å². The molecule has 0 aromatic rings. The maximum Gasteiger partial charge on any atom is 0.306 e. The molecule has 2 fully saturated rings. The number of likely N-dealkylation sites (N-methyl/N-ethyl adjacent to an activating group) is 1. The molecule has 2 aliphatic heterocycles. The monoisotopic (exact) mass is 678 g/mol. The van der Waals surface area contributed by atoms with E-state index in [4.69, 9.17) is 21.1 Å². The Labute approximate surface area is 280 Å². The number of rotatable bonds is 22. The zero-order valence-electron chi connectivity index (χ0n) is 28.6. The van der Waals surface area contributed by atoms with Crippen LogP contribution in [-0.2, 0) is 29.9 Å². The number of carbonyl (C=O) groups excluding carboxylic acids is 2. The zero-order valence-corrected chi connectivity index (χ0v) is 30.2. The molecule has 0 aliphatic carbocycles. The third-order valence-corrected chi connectivity index (χ3v) is 10.8. The predicted molar refractivity (Wildman–Crippen MR) is 182 cm³/mol. The minimum Gasteiger partial charge on any atom is -0.456 e. The van der Waals surface area contributed by atoms with E-state index in [1.807, 2.05) is 11.9 Å². The van der Waals surface area contributed by atoms with Crippen LogP contribution < -0.4 is 5.32 Å². The molecular weight excluding hydrogens is 616 g/mol. The number of amides is 1. The number of likely N-dealkylation sites (tertiary alicyclic amines) is 1. The Bertz CT molecular complexity index is 881. The first-order chi connectivity index (χ1) is 21.5. The lowest BCUT2D eigenvalue weighted by Gasteiger charge is -2.45. The van der Waals surface area contributed by atoms with Crippen LogP contribution in [-0.4, -0.2) is 98.4 Å². The maximum atomic E-state index is 13.3. The molecule has 10 atom stereocenters. The molecule has 0 radical (unpaired) electrons. The minimum absolute atomic E-state index is 0.175. The molecule has 2 aliphatic rings.